The average Bonchev–Trinajstić information content (AvgIpc) is 3.18. The van der Waals surface area contributed by atoms with Gasteiger partial charge < -0.3 is 10.1 Å². The number of hydrogen-bond acceptors (Lipinski definition) is 4. The molecule has 2 heterocycles. The molecule has 1 unspecified atom stereocenters. The Labute approximate surface area is 119 Å². The van der Waals surface area contributed by atoms with E-state index in [1.807, 2.05) is 5.51 Å². The third kappa shape index (κ3) is 3.56. The normalized spacial score (nSPS) is 27.6. The van der Waals surface area contributed by atoms with Gasteiger partial charge in [-0.1, -0.05) is 0 Å². The molecule has 1 saturated carbocycles. The predicted molar refractivity (Wildman–Crippen MR) is 78.7 cm³/mol. The summed E-state index contributed by atoms with van der Waals surface area (Å²) in [7, 11) is 0. The van der Waals surface area contributed by atoms with Crippen molar-refractivity contribution in [2.45, 2.75) is 51.5 Å². The highest BCUT2D eigenvalue weighted by atomic mass is 32.1. The predicted octanol–water partition coefficient (Wildman–Crippen LogP) is 2.93. The molecule has 0 aromatic carbocycles. The first-order valence-electron chi connectivity index (χ1n) is 7.48. The molecule has 1 saturated heterocycles. The second-order valence-corrected chi connectivity index (χ2v) is 7.11. The lowest BCUT2D eigenvalue weighted by Crippen LogP contribution is -2.42. The standard InChI is InChI=1S/C15H24N2OS/c1-12-14(19-11-17-12)5-7-15(6-2-8-18-10-15)9-16-13-3-4-13/h11,13,16H,2-10H2,1H3. The smallest absolute Gasteiger partial charge is 0.0797 e. The highest BCUT2D eigenvalue weighted by Crippen LogP contribution is 2.35. The molecule has 1 aromatic rings. The summed E-state index contributed by atoms with van der Waals surface area (Å²) in [4.78, 5) is 5.81. The number of aromatic nitrogens is 1. The monoisotopic (exact) mass is 280 g/mol. The highest BCUT2D eigenvalue weighted by Gasteiger charge is 2.34. The second-order valence-electron chi connectivity index (χ2n) is 6.17. The summed E-state index contributed by atoms with van der Waals surface area (Å²) in [5.74, 6) is 0. The molecule has 0 radical (unpaired) electrons. The van der Waals surface area contributed by atoms with Crippen LogP contribution in [0.2, 0.25) is 0 Å². The summed E-state index contributed by atoms with van der Waals surface area (Å²) in [5.41, 5.74) is 3.54. The van der Waals surface area contributed by atoms with E-state index in [1.54, 1.807) is 11.3 Å². The van der Waals surface area contributed by atoms with Gasteiger partial charge in [0.25, 0.3) is 0 Å². The summed E-state index contributed by atoms with van der Waals surface area (Å²) in [6.45, 7) is 5.14. The maximum absolute atomic E-state index is 5.79. The molecule has 106 valence electrons. The van der Waals surface area contributed by atoms with Crippen molar-refractivity contribution < 1.29 is 4.74 Å². The summed E-state index contributed by atoms with van der Waals surface area (Å²) in [6.07, 6.45) is 7.65. The molecule has 4 heteroatoms. The minimum atomic E-state index is 0.358. The molecule has 19 heavy (non-hydrogen) atoms. The molecule has 1 N–H and O–H groups in total. The molecule has 1 atom stereocenters. The molecular formula is C15H24N2OS. The number of ether oxygens (including phenoxy) is 1. The molecule has 0 spiro atoms. The zero-order valence-electron chi connectivity index (χ0n) is 11.8. The van der Waals surface area contributed by atoms with Gasteiger partial charge in [0.1, 0.15) is 0 Å². The van der Waals surface area contributed by atoms with Gasteiger partial charge in [-0.05, 0) is 45.4 Å². The molecule has 0 amide bonds. The lowest BCUT2D eigenvalue weighted by atomic mass is 9.78. The van der Waals surface area contributed by atoms with Gasteiger partial charge in [-0.3, -0.25) is 0 Å². The van der Waals surface area contributed by atoms with E-state index < -0.39 is 0 Å². The summed E-state index contributed by atoms with van der Waals surface area (Å²) in [6, 6.07) is 0.795. The van der Waals surface area contributed by atoms with Gasteiger partial charge in [0.05, 0.1) is 17.8 Å². The van der Waals surface area contributed by atoms with Gasteiger partial charge in [-0.25, -0.2) is 4.98 Å². The van der Waals surface area contributed by atoms with Crippen molar-refractivity contribution in [3.05, 3.63) is 16.1 Å². The van der Waals surface area contributed by atoms with E-state index in [2.05, 4.69) is 17.2 Å². The Balaban J connectivity index is 1.59. The number of thiazole rings is 1. The van der Waals surface area contributed by atoms with Crippen LogP contribution in [0.15, 0.2) is 5.51 Å². The largest absolute Gasteiger partial charge is 0.381 e. The Morgan fingerprint density at radius 3 is 3.05 bits per heavy atom. The van der Waals surface area contributed by atoms with E-state index in [0.717, 1.165) is 32.2 Å². The van der Waals surface area contributed by atoms with Crippen LogP contribution >= 0.6 is 11.3 Å². The van der Waals surface area contributed by atoms with Gasteiger partial charge >= 0.3 is 0 Å². The number of rotatable bonds is 6. The first-order valence-corrected chi connectivity index (χ1v) is 8.36. The van der Waals surface area contributed by atoms with Crippen molar-refractivity contribution in [1.82, 2.24) is 10.3 Å². The number of nitrogens with zero attached hydrogens (tertiary/aromatic N) is 1. The maximum Gasteiger partial charge on any atom is 0.0797 e. The fourth-order valence-electron chi connectivity index (χ4n) is 2.93. The number of nitrogens with one attached hydrogen (secondary N) is 1. The van der Waals surface area contributed by atoms with Gasteiger partial charge in [0.15, 0.2) is 0 Å². The van der Waals surface area contributed by atoms with Crippen molar-refractivity contribution in [2.24, 2.45) is 5.41 Å². The average molecular weight is 280 g/mol. The zero-order valence-corrected chi connectivity index (χ0v) is 12.6. The minimum Gasteiger partial charge on any atom is -0.381 e. The van der Waals surface area contributed by atoms with Crippen LogP contribution < -0.4 is 5.32 Å². The molecule has 2 aliphatic rings. The van der Waals surface area contributed by atoms with Crippen LogP contribution in [0.25, 0.3) is 0 Å². The van der Waals surface area contributed by atoms with Crippen molar-refractivity contribution >= 4 is 11.3 Å². The van der Waals surface area contributed by atoms with Gasteiger partial charge in [0.2, 0.25) is 0 Å². The lowest BCUT2D eigenvalue weighted by molar-refractivity contribution is -0.0119. The van der Waals surface area contributed by atoms with E-state index in [9.17, 15) is 0 Å². The van der Waals surface area contributed by atoms with Crippen LogP contribution in [0, 0.1) is 12.3 Å². The van der Waals surface area contributed by atoms with Crippen LogP contribution in [0.5, 0.6) is 0 Å². The van der Waals surface area contributed by atoms with Crippen molar-refractivity contribution in [1.29, 1.82) is 0 Å². The number of aryl methyl sites for hydroxylation is 2. The van der Waals surface area contributed by atoms with E-state index in [4.69, 9.17) is 4.74 Å². The molecule has 3 rings (SSSR count). The second kappa shape index (κ2) is 5.90. The fourth-order valence-corrected chi connectivity index (χ4v) is 3.71. The van der Waals surface area contributed by atoms with E-state index >= 15 is 0 Å². The Bertz CT molecular complexity index is 408. The molecule has 3 nitrogen and oxygen atoms in total. The fraction of sp³-hybridized carbons (Fsp3) is 0.800. The quantitative estimate of drug-likeness (QED) is 0.870. The van der Waals surface area contributed by atoms with Crippen molar-refractivity contribution in [2.75, 3.05) is 19.8 Å². The van der Waals surface area contributed by atoms with E-state index in [1.165, 1.54) is 42.7 Å². The highest BCUT2D eigenvalue weighted by molar-refractivity contribution is 7.09. The van der Waals surface area contributed by atoms with Crippen molar-refractivity contribution in [3.63, 3.8) is 0 Å². The van der Waals surface area contributed by atoms with Gasteiger partial charge in [0, 0.05) is 29.5 Å². The van der Waals surface area contributed by atoms with Gasteiger partial charge in [-0.2, -0.15) is 0 Å². The molecule has 1 aliphatic carbocycles. The number of hydrogen-bond donors (Lipinski definition) is 1. The molecule has 0 bridgehead atoms. The van der Waals surface area contributed by atoms with Gasteiger partial charge in [-0.15, -0.1) is 11.3 Å². The van der Waals surface area contributed by atoms with Crippen LogP contribution in [-0.4, -0.2) is 30.8 Å². The maximum atomic E-state index is 5.79. The van der Waals surface area contributed by atoms with Crippen LogP contribution in [0.4, 0.5) is 0 Å². The summed E-state index contributed by atoms with van der Waals surface area (Å²) < 4.78 is 5.79. The third-order valence-corrected chi connectivity index (χ3v) is 5.47. The van der Waals surface area contributed by atoms with Crippen molar-refractivity contribution in [3.8, 4) is 0 Å². The van der Waals surface area contributed by atoms with E-state index in [-0.39, 0.29) is 0 Å². The Hall–Kier alpha value is -0.450. The molecular weight excluding hydrogens is 256 g/mol. The summed E-state index contributed by atoms with van der Waals surface area (Å²) >= 11 is 1.80. The lowest BCUT2D eigenvalue weighted by Gasteiger charge is -2.37. The molecule has 2 fully saturated rings. The minimum absolute atomic E-state index is 0.358. The Kier molecular flexibility index (Phi) is 4.20. The third-order valence-electron chi connectivity index (χ3n) is 4.47. The molecule has 1 aliphatic heterocycles. The topological polar surface area (TPSA) is 34.2 Å². The van der Waals surface area contributed by atoms with Crippen LogP contribution in [0.3, 0.4) is 0 Å². The van der Waals surface area contributed by atoms with E-state index in [0.29, 0.717) is 5.41 Å². The Morgan fingerprint density at radius 2 is 2.42 bits per heavy atom. The first-order chi connectivity index (χ1) is 9.27. The first kappa shape index (κ1) is 13.5. The Morgan fingerprint density at radius 1 is 1.53 bits per heavy atom. The van der Waals surface area contributed by atoms with Crippen LogP contribution in [0.1, 0.15) is 42.7 Å². The van der Waals surface area contributed by atoms with Crippen LogP contribution in [-0.2, 0) is 11.2 Å². The zero-order chi connectivity index (χ0) is 13.1. The molecule has 1 aromatic heterocycles. The summed E-state index contributed by atoms with van der Waals surface area (Å²) in [5, 5.41) is 3.72. The SMILES string of the molecule is Cc1ncsc1CCC1(CNC2CC2)CCCOC1.